The second kappa shape index (κ2) is 21.3. The maximum atomic E-state index is 15.4. The molecule has 15 nitrogen and oxygen atoms in total. The topological polar surface area (TPSA) is 215 Å². The van der Waals surface area contributed by atoms with E-state index >= 15 is 9.59 Å². The van der Waals surface area contributed by atoms with Gasteiger partial charge in [-0.25, -0.2) is 0 Å². The van der Waals surface area contributed by atoms with Gasteiger partial charge in [0.05, 0.1) is 58.2 Å². The summed E-state index contributed by atoms with van der Waals surface area (Å²) in [5.74, 6) is -9.33. The molecule has 10 aliphatic carbocycles. The molecule has 14 atom stereocenters. The Bertz CT molecular complexity index is 2070. The van der Waals surface area contributed by atoms with E-state index in [1.54, 1.807) is 41.5 Å². The first-order valence-corrected chi connectivity index (χ1v) is 24.8. The first-order chi connectivity index (χ1) is 30.5. The van der Waals surface area contributed by atoms with Crippen LogP contribution in [0.3, 0.4) is 0 Å². The lowest BCUT2D eigenvalue weighted by Gasteiger charge is -2.63. The van der Waals surface area contributed by atoms with E-state index in [0.29, 0.717) is 45.1 Å². The molecule has 12 fully saturated rings. The SMILES string of the molecule is C.C.C.C.C.C.C.C.CC1C(=O)OC(=O)C1C(CC(CC1C(C)C2CC1C1COC(=O)C21)C(=O)OC12CC3CC(O)(CC(O)(C3)C1)C2)C(=O)OC12CC3CC(C(=O)OC(C)(C)C)(C1)CC(C(=O)OC(C)(C)C)(C3)C2. The summed E-state index contributed by atoms with van der Waals surface area (Å²) >= 11 is 0. The molecule has 15 heteroatoms. The summed E-state index contributed by atoms with van der Waals surface area (Å²) in [6.07, 6.45) is 4.50. The summed E-state index contributed by atoms with van der Waals surface area (Å²) in [4.78, 5) is 99.3. The molecule has 428 valence electrons. The van der Waals surface area contributed by atoms with E-state index in [1.807, 2.05) is 0 Å². The van der Waals surface area contributed by atoms with Crippen molar-refractivity contribution < 1.29 is 72.2 Å². The van der Waals surface area contributed by atoms with Gasteiger partial charge in [0, 0.05) is 38.0 Å². The molecule has 2 aliphatic heterocycles. The third-order valence-electron chi connectivity index (χ3n) is 18.4. The average molecular weight is 1050 g/mol. The van der Waals surface area contributed by atoms with Crippen molar-refractivity contribution in [1.29, 1.82) is 0 Å². The van der Waals surface area contributed by atoms with Gasteiger partial charge in [-0.05, 0) is 141 Å². The van der Waals surface area contributed by atoms with Crippen molar-refractivity contribution >= 4 is 41.8 Å². The predicted octanol–water partition coefficient (Wildman–Crippen LogP) is 10.8. The highest BCUT2D eigenvalue weighted by molar-refractivity contribution is 5.98. The van der Waals surface area contributed by atoms with Crippen molar-refractivity contribution in [2.45, 2.75) is 245 Å². The third-order valence-corrected chi connectivity index (χ3v) is 18.4. The molecule has 2 heterocycles. The molecule has 74 heavy (non-hydrogen) atoms. The van der Waals surface area contributed by atoms with E-state index in [2.05, 4.69) is 6.92 Å². The zero-order chi connectivity index (χ0) is 47.5. The number of carbonyl (C=O) groups is 7. The molecule has 0 aromatic heterocycles. The minimum absolute atomic E-state index is 0. The van der Waals surface area contributed by atoms with Crippen molar-refractivity contribution in [1.82, 2.24) is 0 Å². The first kappa shape index (κ1) is 66.5. The van der Waals surface area contributed by atoms with Crippen LogP contribution in [0.2, 0.25) is 0 Å². The van der Waals surface area contributed by atoms with Crippen molar-refractivity contribution in [3.63, 3.8) is 0 Å². The van der Waals surface area contributed by atoms with Gasteiger partial charge in [-0.2, -0.15) is 0 Å². The molecule has 0 aromatic carbocycles. The van der Waals surface area contributed by atoms with Gasteiger partial charge in [0.25, 0.3) is 0 Å². The Morgan fingerprint density at radius 3 is 1.57 bits per heavy atom. The summed E-state index contributed by atoms with van der Waals surface area (Å²) in [6, 6.07) is 0. The van der Waals surface area contributed by atoms with Crippen LogP contribution in [0.25, 0.3) is 0 Å². The number of ether oxygens (including phenoxy) is 6. The molecular weight excluding hydrogens is 949 g/mol. The van der Waals surface area contributed by atoms with Crippen molar-refractivity contribution in [3.05, 3.63) is 0 Å². The summed E-state index contributed by atoms with van der Waals surface area (Å²) < 4.78 is 36.2. The second-order valence-corrected chi connectivity index (χ2v) is 26.0. The largest absolute Gasteiger partial charge is 0.465 e. The standard InChI is InChI=1S/C51H70O15.8CH4/c1-25-30(32-11-31(25)36-34(32)18-61-40(36)55)9-29(38(53)63-51-17-28-14-48(59,23-51)22-49(60,15-28)24-51)10-33(35-26(2)37(52)62-41(35)56)39(54)64-50-16-27-12-46(20-50,42(57)65-44(3,4)5)19-47(13-27,21-50)43(58)66-45(6,7)8;;;;;;;;/h25-36,59-60H,9-24H2,1-8H3;8*1H4. The predicted molar refractivity (Wildman–Crippen MR) is 282 cm³/mol. The van der Waals surface area contributed by atoms with Crippen molar-refractivity contribution in [3.8, 4) is 0 Å². The summed E-state index contributed by atoms with van der Waals surface area (Å²) in [5, 5.41) is 23.3. The fraction of sp³-hybridized carbons (Fsp3) is 0.881. The normalized spacial score (nSPS) is 41.7. The lowest BCUT2D eigenvalue weighted by Crippen LogP contribution is -2.67. The number of cyclic esters (lactones) is 3. The van der Waals surface area contributed by atoms with E-state index in [4.69, 9.17) is 28.4 Å². The van der Waals surface area contributed by atoms with Gasteiger partial charge >= 0.3 is 41.8 Å². The Balaban J connectivity index is 0.00000234. The molecule has 2 N–H and O–H groups in total. The van der Waals surface area contributed by atoms with Crippen LogP contribution in [-0.4, -0.2) is 92.2 Å². The molecule has 12 aliphatic rings. The smallest absolute Gasteiger partial charge is 0.318 e. The van der Waals surface area contributed by atoms with E-state index in [-0.39, 0.29) is 164 Å². The Labute approximate surface area is 445 Å². The molecule has 0 spiro atoms. The molecule has 12 rings (SSSR count). The summed E-state index contributed by atoms with van der Waals surface area (Å²) in [6.45, 7) is 14.6. The monoisotopic (exact) mass is 1050 g/mol. The minimum Gasteiger partial charge on any atom is -0.465 e. The van der Waals surface area contributed by atoms with E-state index in [1.165, 1.54) is 6.92 Å². The fourth-order valence-electron chi connectivity index (χ4n) is 17.3. The molecule has 2 saturated heterocycles. The fourth-order valence-corrected chi connectivity index (χ4v) is 17.3. The number of carbonyl (C=O) groups excluding carboxylic acids is 7. The zero-order valence-electron chi connectivity index (χ0n) is 39.9. The van der Waals surface area contributed by atoms with Gasteiger partial charge in [0.15, 0.2) is 0 Å². The maximum Gasteiger partial charge on any atom is 0.318 e. The lowest BCUT2D eigenvalue weighted by molar-refractivity contribution is -0.263. The van der Waals surface area contributed by atoms with Gasteiger partial charge in [-0.3, -0.25) is 33.6 Å². The van der Waals surface area contributed by atoms with Gasteiger partial charge < -0.3 is 38.6 Å². The third kappa shape index (κ3) is 11.1. The van der Waals surface area contributed by atoms with Crippen molar-refractivity contribution in [2.24, 2.45) is 81.8 Å². The Kier molecular flexibility index (Phi) is 19.2. The number of hydrogen-bond acceptors (Lipinski definition) is 15. The lowest BCUT2D eigenvalue weighted by atomic mass is 9.42. The van der Waals surface area contributed by atoms with Crippen LogP contribution < -0.4 is 0 Å². The Morgan fingerprint density at radius 1 is 0.608 bits per heavy atom. The summed E-state index contributed by atoms with van der Waals surface area (Å²) in [5.41, 5.74) is -8.88. The Hall–Kier alpha value is -3.59. The van der Waals surface area contributed by atoms with Gasteiger partial charge in [0.1, 0.15) is 22.4 Å². The van der Waals surface area contributed by atoms with Crippen molar-refractivity contribution in [2.75, 3.05) is 6.61 Å². The molecule has 10 saturated carbocycles. The molecule has 0 amide bonds. The highest BCUT2D eigenvalue weighted by Crippen LogP contribution is 2.69. The van der Waals surface area contributed by atoms with Crippen LogP contribution in [0.15, 0.2) is 0 Å². The van der Waals surface area contributed by atoms with Crippen LogP contribution in [0.4, 0.5) is 0 Å². The highest BCUT2D eigenvalue weighted by Gasteiger charge is 2.72. The maximum absolute atomic E-state index is 15.4. The van der Waals surface area contributed by atoms with Gasteiger partial charge in [-0.1, -0.05) is 73.3 Å². The van der Waals surface area contributed by atoms with Crippen LogP contribution in [-0.2, 0) is 62.0 Å². The number of hydrogen-bond donors (Lipinski definition) is 2. The number of fused-ring (bicyclic) bond motifs is 5. The first-order valence-electron chi connectivity index (χ1n) is 24.8. The molecule has 10 bridgehead atoms. The molecular formula is C59H102O15. The zero-order valence-corrected chi connectivity index (χ0v) is 39.9. The minimum atomic E-state index is -1.37. The van der Waals surface area contributed by atoms with Crippen LogP contribution >= 0.6 is 0 Å². The second-order valence-electron chi connectivity index (χ2n) is 26.0. The van der Waals surface area contributed by atoms with Crippen LogP contribution in [0, 0.1) is 81.8 Å². The average Bonchev–Trinajstić information content (AvgIpc) is 3.87. The molecule has 0 aromatic rings. The molecule has 0 radical (unpaired) electrons. The van der Waals surface area contributed by atoms with E-state index in [0.717, 1.165) is 6.42 Å². The number of esters is 7. The van der Waals surface area contributed by atoms with Crippen LogP contribution in [0.1, 0.15) is 211 Å². The van der Waals surface area contributed by atoms with Gasteiger partial charge in [0.2, 0.25) is 0 Å². The Morgan fingerprint density at radius 2 is 1.09 bits per heavy atom. The van der Waals surface area contributed by atoms with E-state index < -0.39 is 104 Å². The highest BCUT2D eigenvalue weighted by atomic mass is 16.6. The quantitative estimate of drug-likeness (QED) is 0.112. The number of rotatable bonds is 11. The van der Waals surface area contributed by atoms with E-state index in [9.17, 15) is 34.2 Å². The van der Waals surface area contributed by atoms with Crippen LogP contribution in [0.5, 0.6) is 0 Å². The summed E-state index contributed by atoms with van der Waals surface area (Å²) in [7, 11) is 0. The van der Waals surface area contributed by atoms with Gasteiger partial charge in [-0.15, -0.1) is 0 Å². The number of aliphatic hydroxyl groups is 2. The molecule has 14 unspecified atom stereocenters.